The zero-order chi connectivity index (χ0) is 19.7. The van der Waals surface area contributed by atoms with Crippen molar-refractivity contribution in [3.63, 3.8) is 0 Å². The molecule has 3 aromatic rings. The van der Waals surface area contributed by atoms with Crippen LogP contribution in [0, 0.1) is 5.82 Å². The zero-order valence-corrected chi connectivity index (χ0v) is 16.5. The number of halogens is 2. The number of hydrogen-bond acceptors (Lipinski definition) is 4. The number of hydrogen-bond donors (Lipinski definition) is 1. The van der Waals surface area contributed by atoms with Crippen LogP contribution in [0.4, 0.5) is 10.1 Å². The van der Waals surface area contributed by atoms with E-state index < -0.39 is 15.8 Å². The third-order valence-electron chi connectivity index (χ3n) is 4.70. The second-order valence-electron chi connectivity index (χ2n) is 6.63. The van der Waals surface area contributed by atoms with Crippen molar-refractivity contribution in [2.24, 2.45) is 0 Å². The summed E-state index contributed by atoms with van der Waals surface area (Å²) in [6.45, 7) is 0.715. The molecule has 0 radical (unpaired) electrons. The Kier molecular flexibility index (Phi) is 5.07. The summed E-state index contributed by atoms with van der Waals surface area (Å²) in [4.78, 5) is -0.0427. The maximum atomic E-state index is 14.5. The van der Waals surface area contributed by atoms with Gasteiger partial charge >= 0.3 is 0 Å². The summed E-state index contributed by atoms with van der Waals surface area (Å²) in [6, 6.07) is 10.2. The second kappa shape index (κ2) is 7.52. The normalized spacial score (nSPS) is 14.4. The van der Waals surface area contributed by atoms with Gasteiger partial charge in [-0.2, -0.15) is 0 Å². The lowest BCUT2D eigenvalue weighted by molar-refractivity contribution is 0.601. The largest absolute Gasteiger partial charge is 0.311 e. The van der Waals surface area contributed by atoms with Crippen LogP contribution in [0.5, 0.6) is 0 Å². The molecule has 1 aromatic heterocycles. The van der Waals surface area contributed by atoms with Crippen molar-refractivity contribution < 1.29 is 12.8 Å². The molecule has 146 valence electrons. The number of aryl methyl sites for hydroxylation is 1. The highest BCUT2D eigenvalue weighted by molar-refractivity contribution is 7.92. The molecule has 0 bridgehead atoms. The van der Waals surface area contributed by atoms with E-state index >= 15 is 0 Å². The first kappa shape index (κ1) is 18.9. The second-order valence-corrected chi connectivity index (χ2v) is 8.69. The fraction of sp³-hybridized carbons (Fsp3) is 0.263. The van der Waals surface area contributed by atoms with Crippen LogP contribution >= 0.6 is 11.6 Å². The summed E-state index contributed by atoms with van der Waals surface area (Å²) < 4.78 is 44.2. The number of nitrogens with zero attached hydrogens (tertiary/aromatic N) is 3. The highest BCUT2D eigenvalue weighted by Crippen LogP contribution is 2.29. The van der Waals surface area contributed by atoms with Gasteiger partial charge in [0.1, 0.15) is 16.5 Å². The standard InChI is InChI=1S/C19H18ClFN4O2S/c20-15-6-3-4-7-17(15)28(26,27)24-13-9-10-16(21)14(12-13)19-23-22-18-8-2-1-5-11-25(18)19/h3-4,6-7,9-10,12,24H,1-2,5,8,11H2. The number of fused-ring (bicyclic) bond motifs is 1. The van der Waals surface area contributed by atoms with E-state index in [0.29, 0.717) is 12.4 Å². The topological polar surface area (TPSA) is 76.9 Å². The van der Waals surface area contributed by atoms with Gasteiger partial charge in [0.05, 0.1) is 10.6 Å². The molecule has 1 aliphatic rings. The Labute approximate surface area is 167 Å². The van der Waals surface area contributed by atoms with Crippen LogP contribution in [-0.2, 0) is 23.0 Å². The summed E-state index contributed by atoms with van der Waals surface area (Å²) in [7, 11) is -3.91. The summed E-state index contributed by atoms with van der Waals surface area (Å²) >= 11 is 6.01. The predicted molar refractivity (Wildman–Crippen MR) is 105 cm³/mol. The molecule has 28 heavy (non-hydrogen) atoms. The summed E-state index contributed by atoms with van der Waals surface area (Å²) in [6.07, 6.45) is 3.88. The van der Waals surface area contributed by atoms with E-state index in [0.717, 1.165) is 31.5 Å². The molecule has 2 heterocycles. The molecule has 0 atom stereocenters. The first-order valence-electron chi connectivity index (χ1n) is 8.95. The van der Waals surface area contributed by atoms with Crippen LogP contribution < -0.4 is 4.72 Å². The van der Waals surface area contributed by atoms with Crippen molar-refractivity contribution in [1.82, 2.24) is 14.8 Å². The van der Waals surface area contributed by atoms with Crippen molar-refractivity contribution in [3.05, 3.63) is 59.1 Å². The van der Waals surface area contributed by atoms with Gasteiger partial charge in [-0.15, -0.1) is 10.2 Å². The Morgan fingerprint density at radius 3 is 2.71 bits per heavy atom. The van der Waals surface area contributed by atoms with E-state index in [4.69, 9.17) is 11.6 Å². The molecule has 0 saturated heterocycles. The Hall–Kier alpha value is -2.45. The lowest BCUT2D eigenvalue weighted by atomic mass is 10.1. The molecule has 1 aliphatic heterocycles. The molecular formula is C19H18ClFN4O2S. The third-order valence-corrected chi connectivity index (χ3v) is 6.58. The summed E-state index contributed by atoms with van der Waals surface area (Å²) in [5.41, 5.74) is 0.433. The molecule has 0 amide bonds. The van der Waals surface area contributed by atoms with Crippen molar-refractivity contribution in [3.8, 4) is 11.4 Å². The van der Waals surface area contributed by atoms with Gasteiger partial charge in [-0.1, -0.05) is 30.2 Å². The molecule has 0 aliphatic carbocycles. The van der Waals surface area contributed by atoms with Crippen molar-refractivity contribution in [2.75, 3.05) is 4.72 Å². The van der Waals surface area contributed by atoms with E-state index in [2.05, 4.69) is 14.9 Å². The fourth-order valence-electron chi connectivity index (χ4n) is 3.32. The van der Waals surface area contributed by atoms with E-state index in [1.165, 1.54) is 30.3 Å². The highest BCUT2D eigenvalue weighted by Gasteiger charge is 2.21. The van der Waals surface area contributed by atoms with Gasteiger partial charge in [0.15, 0.2) is 5.82 Å². The van der Waals surface area contributed by atoms with Crippen LogP contribution in [0.1, 0.15) is 25.1 Å². The number of nitrogens with one attached hydrogen (secondary N) is 1. The minimum Gasteiger partial charge on any atom is -0.311 e. The van der Waals surface area contributed by atoms with Crippen molar-refractivity contribution in [2.45, 2.75) is 37.1 Å². The van der Waals surface area contributed by atoms with E-state index in [1.807, 2.05) is 4.57 Å². The zero-order valence-electron chi connectivity index (χ0n) is 14.9. The van der Waals surface area contributed by atoms with Gasteiger partial charge in [-0.25, -0.2) is 12.8 Å². The van der Waals surface area contributed by atoms with Crippen LogP contribution in [0.2, 0.25) is 5.02 Å². The molecule has 0 saturated carbocycles. The molecular weight excluding hydrogens is 403 g/mol. The maximum Gasteiger partial charge on any atom is 0.263 e. The van der Waals surface area contributed by atoms with Gasteiger partial charge < -0.3 is 4.57 Å². The van der Waals surface area contributed by atoms with Gasteiger partial charge in [-0.3, -0.25) is 4.72 Å². The van der Waals surface area contributed by atoms with Crippen molar-refractivity contribution >= 4 is 27.3 Å². The average Bonchev–Trinajstić information content (AvgIpc) is 2.91. The van der Waals surface area contributed by atoms with Gasteiger partial charge in [0.25, 0.3) is 10.0 Å². The quantitative estimate of drug-likeness (QED) is 0.684. The average molecular weight is 421 g/mol. The number of anilines is 1. The van der Waals surface area contributed by atoms with Crippen molar-refractivity contribution in [1.29, 1.82) is 0 Å². The maximum absolute atomic E-state index is 14.5. The molecule has 2 aromatic carbocycles. The molecule has 1 N–H and O–H groups in total. The minimum atomic E-state index is -3.91. The van der Waals surface area contributed by atoms with Crippen LogP contribution in [0.25, 0.3) is 11.4 Å². The first-order chi connectivity index (χ1) is 13.5. The molecule has 0 fully saturated rings. The Morgan fingerprint density at radius 2 is 1.89 bits per heavy atom. The van der Waals surface area contributed by atoms with Crippen LogP contribution in [0.3, 0.4) is 0 Å². The number of sulfonamides is 1. The summed E-state index contributed by atoms with van der Waals surface area (Å²) in [5.74, 6) is 0.752. The SMILES string of the molecule is O=S(=O)(Nc1ccc(F)c(-c2nnc3n2CCCCC3)c1)c1ccccc1Cl. The molecule has 9 heteroatoms. The molecule has 4 rings (SSSR count). The van der Waals surface area contributed by atoms with E-state index in [-0.39, 0.29) is 21.2 Å². The van der Waals surface area contributed by atoms with Gasteiger partial charge in [-0.05, 0) is 43.2 Å². The highest BCUT2D eigenvalue weighted by atomic mass is 35.5. The monoisotopic (exact) mass is 420 g/mol. The summed E-state index contributed by atoms with van der Waals surface area (Å²) in [5, 5.41) is 8.45. The van der Waals surface area contributed by atoms with E-state index in [9.17, 15) is 12.8 Å². The van der Waals surface area contributed by atoms with Gasteiger partial charge in [0, 0.05) is 18.7 Å². The predicted octanol–water partition coefficient (Wildman–Crippen LogP) is 4.26. The molecule has 6 nitrogen and oxygen atoms in total. The molecule has 0 unspecified atom stereocenters. The lowest BCUT2D eigenvalue weighted by Gasteiger charge is -2.12. The number of aromatic nitrogens is 3. The van der Waals surface area contributed by atoms with Crippen LogP contribution in [0.15, 0.2) is 47.4 Å². The first-order valence-corrected chi connectivity index (χ1v) is 10.8. The third kappa shape index (κ3) is 3.62. The minimum absolute atomic E-state index is 0.0427. The Bertz CT molecular complexity index is 1130. The Morgan fingerprint density at radius 1 is 1.07 bits per heavy atom. The molecule has 0 spiro atoms. The van der Waals surface area contributed by atoms with Crippen LogP contribution in [-0.4, -0.2) is 23.2 Å². The number of rotatable bonds is 4. The lowest BCUT2D eigenvalue weighted by Crippen LogP contribution is -2.13. The smallest absolute Gasteiger partial charge is 0.263 e. The fourth-order valence-corrected chi connectivity index (χ4v) is 4.89. The number of benzene rings is 2. The van der Waals surface area contributed by atoms with Gasteiger partial charge in [0.2, 0.25) is 0 Å². The Balaban J connectivity index is 1.71. The van der Waals surface area contributed by atoms with E-state index in [1.54, 1.807) is 12.1 Å².